The summed E-state index contributed by atoms with van der Waals surface area (Å²) in [6.45, 7) is 3.92. The van der Waals surface area contributed by atoms with E-state index in [2.05, 4.69) is 5.32 Å². The van der Waals surface area contributed by atoms with Gasteiger partial charge in [0.25, 0.3) is 0 Å². The predicted octanol–water partition coefficient (Wildman–Crippen LogP) is 1.17. The lowest BCUT2D eigenvalue weighted by molar-refractivity contribution is 0.0729. The molecule has 1 aromatic carbocycles. The van der Waals surface area contributed by atoms with Crippen LogP contribution in [0.25, 0.3) is 0 Å². The highest BCUT2D eigenvalue weighted by Gasteiger charge is 2.22. The van der Waals surface area contributed by atoms with Crippen LogP contribution in [0, 0.1) is 0 Å². The van der Waals surface area contributed by atoms with E-state index in [9.17, 15) is 10.2 Å². The summed E-state index contributed by atoms with van der Waals surface area (Å²) in [5.74, 6) is 0. The van der Waals surface area contributed by atoms with E-state index in [1.54, 1.807) is 20.9 Å². The van der Waals surface area contributed by atoms with Crippen LogP contribution in [0.2, 0.25) is 0 Å². The Morgan fingerprint density at radius 3 is 2.47 bits per heavy atom. The van der Waals surface area contributed by atoms with Gasteiger partial charge in [-0.25, -0.2) is 0 Å². The Labute approximate surface area is 90.8 Å². The average Bonchev–Trinajstić information content (AvgIpc) is 2.17. The molecule has 1 aromatic rings. The van der Waals surface area contributed by atoms with E-state index in [0.29, 0.717) is 6.54 Å². The van der Waals surface area contributed by atoms with E-state index in [1.165, 1.54) is 0 Å². The highest BCUT2D eigenvalue weighted by molar-refractivity contribution is 5.33. The molecular weight excluding hydrogens is 190 g/mol. The monoisotopic (exact) mass is 209 g/mol. The number of aliphatic hydroxyl groups is 2. The molecule has 0 spiro atoms. The molecule has 0 heterocycles. The zero-order chi connectivity index (χ0) is 11.5. The highest BCUT2D eigenvalue weighted by Crippen LogP contribution is 2.27. The molecule has 1 unspecified atom stereocenters. The Bertz CT molecular complexity index is 318. The van der Waals surface area contributed by atoms with Gasteiger partial charge in [0, 0.05) is 6.54 Å². The summed E-state index contributed by atoms with van der Waals surface area (Å²) < 4.78 is 0. The highest BCUT2D eigenvalue weighted by atomic mass is 16.3. The molecule has 3 N–H and O–H groups in total. The number of nitrogens with one attached hydrogen (secondary N) is 1. The number of aliphatic hydroxyl groups excluding tert-OH is 1. The van der Waals surface area contributed by atoms with Crippen molar-refractivity contribution in [2.45, 2.75) is 25.6 Å². The van der Waals surface area contributed by atoms with Crippen LogP contribution in [-0.2, 0) is 5.60 Å². The molecule has 0 saturated heterocycles. The van der Waals surface area contributed by atoms with Crippen LogP contribution in [0.15, 0.2) is 24.3 Å². The third-order valence-corrected chi connectivity index (χ3v) is 2.38. The maximum atomic E-state index is 9.96. The van der Waals surface area contributed by atoms with E-state index < -0.39 is 11.7 Å². The Kier molecular flexibility index (Phi) is 3.85. The predicted molar refractivity (Wildman–Crippen MR) is 60.6 cm³/mol. The van der Waals surface area contributed by atoms with Gasteiger partial charge in [0.1, 0.15) is 0 Å². The Hall–Kier alpha value is -0.900. The van der Waals surface area contributed by atoms with Crippen molar-refractivity contribution in [2.75, 3.05) is 13.6 Å². The van der Waals surface area contributed by atoms with Crippen LogP contribution in [-0.4, -0.2) is 23.8 Å². The molecule has 0 radical (unpaired) electrons. The van der Waals surface area contributed by atoms with Gasteiger partial charge >= 0.3 is 0 Å². The molecule has 0 bridgehead atoms. The maximum Gasteiger partial charge on any atom is 0.0917 e. The number of hydrogen-bond acceptors (Lipinski definition) is 3. The van der Waals surface area contributed by atoms with E-state index in [1.807, 2.05) is 24.3 Å². The van der Waals surface area contributed by atoms with Crippen molar-refractivity contribution in [1.29, 1.82) is 0 Å². The second kappa shape index (κ2) is 4.75. The molecule has 15 heavy (non-hydrogen) atoms. The molecule has 3 heteroatoms. The fourth-order valence-corrected chi connectivity index (χ4v) is 1.65. The summed E-state index contributed by atoms with van der Waals surface area (Å²) in [6, 6.07) is 7.41. The molecule has 0 aromatic heterocycles. The van der Waals surface area contributed by atoms with Crippen molar-refractivity contribution in [3.63, 3.8) is 0 Å². The van der Waals surface area contributed by atoms with Crippen LogP contribution in [0.1, 0.15) is 31.1 Å². The van der Waals surface area contributed by atoms with E-state index in [4.69, 9.17) is 0 Å². The standard InChI is InChI=1S/C12H19NO2/c1-12(2,15)10-7-5-4-6-9(10)11(14)8-13-3/h4-7,11,13-15H,8H2,1-3H3. The number of hydrogen-bond donors (Lipinski definition) is 3. The van der Waals surface area contributed by atoms with Gasteiger partial charge in [0.2, 0.25) is 0 Å². The average molecular weight is 209 g/mol. The summed E-state index contributed by atoms with van der Waals surface area (Å²) in [7, 11) is 1.79. The van der Waals surface area contributed by atoms with Gasteiger partial charge in [-0.15, -0.1) is 0 Å². The minimum Gasteiger partial charge on any atom is -0.387 e. The number of benzene rings is 1. The Balaban J connectivity index is 3.06. The molecule has 0 aliphatic rings. The smallest absolute Gasteiger partial charge is 0.0917 e. The van der Waals surface area contributed by atoms with Crippen molar-refractivity contribution in [3.05, 3.63) is 35.4 Å². The van der Waals surface area contributed by atoms with Gasteiger partial charge in [0.05, 0.1) is 11.7 Å². The third-order valence-electron chi connectivity index (χ3n) is 2.38. The van der Waals surface area contributed by atoms with Crippen LogP contribution in [0.3, 0.4) is 0 Å². The van der Waals surface area contributed by atoms with Gasteiger partial charge in [-0.05, 0) is 32.0 Å². The molecule has 0 aliphatic carbocycles. The van der Waals surface area contributed by atoms with E-state index in [-0.39, 0.29) is 0 Å². The van der Waals surface area contributed by atoms with E-state index >= 15 is 0 Å². The van der Waals surface area contributed by atoms with E-state index in [0.717, 1.165) is 11.1 Å². The molecule has 0 fully saturated rings. The van der Waals surface area contributed by atoms with Crippen molar-refractivity contribution in [2.24, 2.45) is 0 Å². The Morgan fingerprint density at radius 2 is 1.93 bits per heavy atom. The normalized spacial score (nSPS) is 13.9. The lowest BCUT2D eigenvalue weighted by Crippen LogP contribution is -2.23. The molecule has 0 aliphatic heterocycles. The second-order valence-electron chi connectivity index (χ2n) is 4.22. The van der Waals surface area contributed by atoms with Gasteiger partial charge in [0.15, 0.2) is 0 Å². The first kappa shape index (κ1) is 12.2. The SMILES string of the molecule is CNCC(O)c1ccccc1C(C)(C)O. The van der Waals surface area contributed by atoms with Crippen molar-refractivity contribution >= 4 is 0 Å². The molecule has 84 valence electrons. The largest absolute Gasteiger partial charge is 0.387 e. The number of likely N-dealkylation sites (N-methyl/N-ethyl adjacent to an activating group) is 1. The van der Waals surface area contributed by atoms with Crippen LogP contribution in [0.5, 0.6) is 0 Å². The molecule has 3 nitrogen and oxygen atoms in total. The fraction of sp³-hybridized carbons (Fsp3) is 0.500. The Morgan fingerprint density at radius 1 is 1.33 bits per heavy atom. The summed E-state index contributed by atoms with van der Waals surface area (Å²) in [4.78, 5) is 0. The molecule has 1 atom stereocenters. The fourth-order valence-electron chi connectivity index (χ4n) is 1.65. The third kappa shape index (κ3) is 3.02. The molecule has 1 rings (SSSR count). The zero-order valence-electron chi connectivity index (χ0n) is 9.49. The molecule has 0 saturated carbocycles. The van der Waals surface area contributed by atoms with Gasteiger partial charge < -0.3 is 15.5 Å². The first-order chi connectivity index (χ1) is 6.96. The summed E-state index contributed by atoms with van der Waals surface area (Å²) in [5.41, 5.74) is 0.623. The number of rotatable bonds is 4. The van der Waals surface area contributed by atoms with Gasteiger partial charge in [-0.3, -0.25) is 0 Å². The molecule has 0 amide bonds. The zero-order valence-corrected chi connectivity index (χ0v) is 9.49. The maximum absolute atomic E-state index is 9.96. The van der Waals surface area contributed by atoms with Crippen LogP contribution < -0.4 is 5.32 Å². The first-order valence-electron chi connectivity index (χ1n) is 5.11. The summed E-state index contributed by atoms with van der Waals surface area (Å²) >= 11 is 0. The quantitative estimate of drug-likeness (QED) is 0.697. The first-order valence-corrected chi connectivity index (χ1v) is 5.11. The lowest BCUT2D eigenvalue weighted by Gasteiger charge is -2.24. The van der Waals surface area contributed by atoms with Gasteiger partial charge in [-0.1, -0.05) is 24.3 Å². The molecular formula is C12H19NO2. The van der Waals surface area contributed by atoms with Crippen LogP contribution >= 0.6 is 0 Å². The second-order valence-corrected chi connectivity index (χ2v) is 4.22. The van der Waals surface area contributed by atoms with Gasteiger partial charge in [-0.2, -0.15) is 0 Å². The van der Waals surface area contributed by atoms with Crippen molar-refractivity contribution in [3.8, 4) is 0 Å². The summed E-state index contributed by atoms with van der Waals surface area (Å²) in [6.07, 6.45) is -0.586. The van der Waals surface area contributed by atoms with Crippen molar-refractivity contribution in [1.82, 2.24) is 5.32 Å². The lowest BCUT2D eigenvalue weighted by atomic mass is 9.90. The summed E-state index contributed by atoms with van der Waals surface area (Å²) in [5, 5.41) is 22.8. The minimum absolute atomic E-state index is 0.479. The van der Waals surface area contributed by atoms with Crippen LogP contribution in [0.4, 0.5) is 0 Å². The minimum atomic E-state index is -0.925. The van der Waals surface area contributed by atoms with Crippen molar-refractivity contribution < 1.29 is 10.2 Å². The topological polar surface area (TPSA) is 52.5 Å².